The summed E-state index contributed by atoms with van der Waals surface area (Å²) < 4.78 is 54.4. The van der Waals surface area contributed by atoms with Crippen molar-refractivity contribution in [2.45, 2.75) is 76.9 Å². The van der Waals surface area contributed by atoms with Crippen LogP contribution in [0.2, 0.25) is 0 Å². The summed E-state index contributed by atoms with van der Waals surface area (Å²) in [6.45, 7) is 8.73. The predicted molar refractivity (Wildman–Crippen MR) is 176 cm³/mol. The zero-order chi connectivity index (χ0) is 34.2. The van der Waals surface area contributed by atoms with Crippen molar-refractivity contribution in [1.29, 1.82) is 5.26 Å². The molecular weight excluding hydrogens is 623 g/mol. The maximum absolute atomic E-state index is 14.2. The molecule has 0 aliphatic carbocycles. The molecule has 0 spiro atoms. The summed E-state index contributed by atoms with van der Waals surface area (Å²) in [5.41, 5.74) is 0.749. The minimum absolute atomic E-state index is 0.122. The van der Waals surface area contributed by atoms with Gasteiger partial charge < -0.3 is 29.1 Å². The number of halogens is 3. The zero-order valence-electron chi connectivity index (χ0n) is 27.9. The Balaban J connectivity index is 1.34. The summed E-state index contributed by atoms with van der Waals surface area (Å²) in [5, 5.41) is 10.3. The number of alkyl halides is 3. The molecule has 2 fully saturated rings. The number of hydrogen-bond donors (Lipinski definition) is 0. The maximum Gasteiger partial charge on any atom is 0.417 e. The second kappa shape index (κ2) is 13.3. The number of nitriles is 1. The fourth-order valence-electron chi connectivity index (χ4n) is 6.99. The van der Waals surface area contributed by atoms with Crippen LogP contribution in [0.1, 0.15) is 56.9 Å². The van der Waals surface area contributed by atoms with Gasteiger partial charge in [-0.1, -0.05) is 24.3 Å². The maximum atomic E-state index is 14.2. The van der Waals surface area contributed by atoms with Crippen LogP contribution in [0.5, 0.6) is 6.01 Å². The number of benzene rings is 2. The summed E-state index contributed by atoms with van der Waals surface area (Å²) in [4.78, 5) is 30.7. The molecule has 0 bridgehead atoms. The summed E-state index contributed by atoms with van der Waals surface area (Å²) in [7, 11) is 2.07. The zero-order valence-corrected chi connectivity index (χ0v) is 27.9. The van der Waals surface area contributed by atoms with Crippen molar-refractivity contribution in [2.24, 2.45) is 0 Å². The van der Waals surface area contributed by atoms with Gasteiger partial charge in [-0.2, -0.15) is 28.4 Å². The number of anilines is 2. The van der Waals surface area contributed by atoms with Gasteiger partial charge in [0, 0.05) is 48.9 Å². The normalized spacial score (nSPS) is 20.5. The first-order chi connectivity index (χ1) is 22.8. The fraction of sp³-hybridized carbons (Fsp3) is 0.543. The number of fused-ring (bicyclic) bond motifs is 2. The van der Waals surface area contributed by atoms with Gasteiger partial charge in [0.1, 0.15) is 18.0 Å². The molecule has 3 aliphatic rings. The highest BCUT2D eigenvalue weighted by molar-refractivity contribution is 5.97. The average Bonchev–Trinajstić information content (AvgIpc) is 3.45. The number of aromatic nitrogens is 2. The van der Waals surface area contributed by atoms with Gasteiger partial charge in [0.2, 0.25) is 0 Å². The Kier molecular flexibility index (Phi) is 9.31. The minimum Gasteiger partial charge on any atom is -0.462 e. The van der Waals surface area contributed by atoms with E-state index < -0.39 is 29.5 Å². The van der Waals surface area contributed by atoms with Crippen molar-refractivity contribution in [3.8, 4) is 12.1 Å². The molecule has 0 unspecified atom stereocenters. The number of rotatable bonds is 6. The highest BCUT2D eigenvalue weighted by Crippen LogP contribution is 2.41. The Morgan fingerprint density at radius 1 is 1.02 bits per heavy atom. The lowest BCUT2D eigenvalue weighted by molar-refractivity contribution is -0.136. The van der Waals surface area contributed by atoms with Gasteiger partial charge in [0.05, 0.1) is 36.3 Å². The third-order valence-corrected chi connectivity index (χ3v) is 9.37. The van der Waals surface area contributed by atoms with Crippen LogP contribution in [-0.2, 0) is 23.9 Å². The predicted octanol–water partition coefficient (Wildman–Crippen LogP) is 6.02. The molecule has 256 valence electrons. The van der Waals surface area contributed by atoms with E-state index in [0.717, 1.165) is 31.0 Å². The van der Waals surface area contributed by atoms with E-state index in [9.17, 15) is 23.2 Å². The molecule has 0 N–H and O–H groups in total. The molecule has 1 aromatic heterocycles. The molecule has 3 aliphatic heterocycles. The van der Waals surface area contributed by atoms with Gasteiger partial charge in [0.15, 0.2) is 0 Å². The largest absolute Gasteiger partial charge is 0.462 e. The molecule has 4 heterocycles. The van der Waals surface area contributed by atoms with E-state index in [1.807, 2.05) is 25.7 Å². The third-order valence-electron chi connectivity index (χ3n) is 9.37. The first-order valence-corrected chi connectivity index (χ1v) is 16.5. The second-order valence-electron chi connectivity index (χ2n) is 13.8. The molecule has 1 amide bonds. The van der Waals surface area contributed by atoms with Gasteiger partial charge >= 0.3 is 18.3 Å². The van der Waals surface area contributed by atoms with Gasteiger partial charge in [-0.3, -0.25) is 0 Å². The van der Waals surface area contributed by atoms with Crippen LogP contribution in [0.25, 0.3) is 10.8 Å². The molecule has 0 saturated carbocycles. The van der Waals surface area contributed by atoms with Crippen LogP contribution in [0.3, 0.4) is 0 Å². The number of amides is 1. The van der Waals surface area contributed by atoms with Gasteiger partial charge in [-0.25, -0.2) is 4.79 Å². The van der Waals surface area contributed by atoms with Crippen LogP contribution in [0.4, 0.5) is 29.5 Å². The van der Waals surface area contributed by atoms with Gasteiger partial charge in [0.25, 0.3) is 0 Å². The minimum atomic E-state index is -4.51. The molecule has 13 heteroatoms. The van der Waals surface area contributed by atoms with E-state index >= 15 is 0 Å². The molecule has 10 nitrogen and oxygen atoms in total. The van der Waals surface area contributed by atoms with E-state index in [0.29, 0.717) is 61.8 Å². The van der Waals surface area contributed by atoms with Crippen LogP contribution in [0.15, 0.2) is 36.4 Å². The van der Waals surface area contributed by atoms with Crippen molar-refractivity contribution < 1.29 is 27.4 Å². The lowest BCUT2D eigenvalue weighted by Crippen LogP contribution is -2.56. The number of likely N-dealkylation sites (N-methyl/N-ethyl adjacent to an activating group) is 1. The topological polar surface area (TPSA) is 98.1 Å². The van der Waals surface area contributed by atoms with Gasteiger partial charge in [-0.15, -0.1) is 0 Å². The molecule has 2 saturated heterocycles. The SMILES string of the molecule is CN1CCC[C@H]1COc1nc2c(c(N3CCN(C(=O)OC(C)(C)C)[C@@H](CC#N)C3)n1)CCN(c1cccc3cccc(C(F)(F)F)c13)C2. The van der Waals surface area contributed by atoms with Crippen LogP contribution in [0, 0.1) is 11.3 Å². The van der Waals surface area contributed by atoms with Crippen LogP contribution in [-0.4, -0.2) is 89.9 Å². The Bertz CT molecular complexity index is 1700. The number of piperazine rings is 1. The number of hydrogen-bond acceptors (Lipinski definition) is 9. The Labute approximate surface area is 279 Å². The Morgan fingerprint density at radius 2 is 1.79 bits per heavy atom. The van der Waals surface area contributed by atoms with Crippen molar-refractivity contribution in [3.63, 3.8) is 0 Å². The summed E-state index contributed by atoms with van der Waals surface area (Å²) >= 11 is 0. The lowest BCUT2D eigenvalue weighted by atomic mass is 9.98. The first-order valence-electron chi connectivity index (χ1n) is 16.5. The number of nitrogens with zero attached hydrogens (tertiary/aromatic N) is 7. The summed E-state index contributed by atoms with van der Waals surface area (Å²) in [6, 6.07) is 11.7. The number of ether oxygens (including phenoxy) is 2. The molecule has 2 aromatic carbocycles. The van der Waals surface area contributed by atoms with Crippen LogP contribution >= 0.6 is 0 Å². The highest BCUT2D eigenvalue weighted by atomic mass is 19.4. The van der Waals surface area contributed by atoms with E-state index in [1.165, 1.54) is 6.07 Å². The number of likely N-dealkylation sites (tertiary alicyclic amines) is 1. The average molecular weight is 666 g/mol. The van der Waals surface area contributed by atoms with E-state index in [2.05, 4.69) is 22.9 Å². The quantitative estimate of drug-likeness (QED) is 0.313. The van der Waals surface area contributed by atoms with Crippen LogP contribution < -0.4 is 14.5 Å². The molecule has 3 aromatic rings. The Hall–Kier alpha value is -4.31. The van der Waals surface area contributed by atoms with Gasteiger partial charge in [-0.05, 0) is 71.1 Å². The Morgan fingerprint density at radius 3 is 2.48 bits per heavy atom. The first kappa shape index (κ1) is 33.6. The third kappa shape index (κ3) is 7.09. The highest BCUT2D eigenvalue weighted by Gasteiger charge is 2.37. The summed E-state index contributed by atoms with van der Waals surface area (Å²) in [5.74, 6) is 0.676. The van der Waals surface area contributed by atoms with Crippen molar-refractivity contribution in [1.82, 2.24) is 19.8 Å². The van der Waals surface area contributed by atoms with Crippen molar-refractivity contribution >= 4 is 28.4 Å². The molecular formula is C35H42F3N7O3. The smallest absolute Gasteiger partial charge is 0.417 e. The standard InChI is InChI=1S/C35H42F3N7O3/c1-34(2,3)48-33(46)45-19-18-44(20-24(45)13-15-39)31-26-14-17-43(21-28(26)40-32(41-31)47-22-25-10-7-16-42(25)4)29-12-6-9-23-8-5-11-27(30(23)29)35(36,37)38/h5-6,8-9,11-12,24-25H,7,10,13-14,16-22H2,1-4H3/t24-,25-/m0/s1. The second-order valence-corrected chi connectivity index (χ2v) is 13.8. The molecule has 2 atom stereocenters. The molecule has 0 radical (unpaired) electrons. The lowest BCUT2D eigenvalue weighted by Gasteiger charge is -2.42. The number of carbonyl (C=O) groups excluding carboxylic acids is 1. The molecule has 48 heavy (non-hydrogen) atoms. The number of carbonyl (C=O) groups is 1. The monoisotopic (exact) mass is 665 g/mol. The van der Waals surface area contributed by atoms with E-state index in [4.69, 9.17) is 19.4 Å². The fourth-order valence-corrected chi connectivity index (χ4v) is 6.99. The van der Waals surface area contributed by atoms with Crippen molar-refractivity contribution in [3.05, 3.63) is 53.2 Å². The van der Waals surface area contributed by atoms with E-state index in [1.54, 1.807) is 29.2 Å². The molecule has 6 rings (SSSR count). The van der Waals surface area contributed by atoms with E-state index in [-0.39, 0.29) is 30.4 Å². The van der Waals surface area contributed by atoms with Crippen molar-refractivity contribution in [2.75, 3.05) is 56.2 Å². The summed E-state index contributed by atoms with van der Waals surface area (Å²) in [6.07, 6.45) is -2.25.